The summed E-state index contributed by atoms with van der Waals surface area (Å²) < 4.78 is 40.6. The van der Waals surface area contributed by atoms with Crippen LogP contribution in [-0.4, -0.2) is 52.4 Å². The molecule has 1 aromatic carbocycles. The molecule has 1 aliphatic heterocycles. The van der Waals surface area contributed by atoms with E-state index in [9.17, 15) is 22.8 Å². The molecule has 200 valence electrons. The third kappa shape index (κ3) is 5.90. The van der Waals surface area contributed by atoms with Crippen LogP contribution in [0.1, 0.15) is 53.1 Å². The number of aromatic amines is 1. The van der Waals surface area contributed by atoms with Crippen LogP contribution in [0.5, 0.6) is 0 Å². The summed E-state index contributed by atoms with van der Waals surface area (Å²) in [6.07, 6.45) is -0.961. The average molecular weight is 535 g/mol. The predicted octanol–water partition coefficient (Wildman–Crippen LogP) is 5.43. The molecule has 1 unspecified atom stereocenters. The van der Waals surface area contributed by atoms with E-state index in [1.165, 1.54) is 16.7 Å². The minimum Gasteiger partial charge on any atom is -0.348 e. The largest absolute Gasteiger partial charge is 0.401 e. The highest BCUT2D eigenvalue weighted by molar-refractivity contribution is 7.98. The van der Waals surface area contributed by atoms with Crippen molar-refractivity contribution in [1.82, 2.24) is 19.8 Å². The van der Waals surface area contributed by atoms with Crippen LogP contribution in [0.3, 0.4) is 0 Å². The standard InChI is InChI=1S/C27H33F3N4O2S/c1-16-13-23(37-4)21(25(35)32-16)14-31-26(36)24-18(3)34(22-8-6-5-7-20(22)24)17(2)19-9-11-33(12-10-19)15-27(28,29)30/h5-8,13,17,19H,9-12,14-15H2,1-4H3,(H,31,36)(H,32,35). The fourth-order valence-corrected chi connectivity index (χ4v) is 6.26. The molecule has 6 nitrogen and oxygen atoms in total. The number of para-hydroxylation sites is 1. The summed E-state index contributed by atoms with van der Waals surface area (Å²) in [5.74, 6) is -0.0585. The van der Waals surface area contributed by atoms with Gasteiger partial charge in [-0.2, -0.15) is 13.2 Å². The minimum atomic E-state index is -4.19. The van der Waals surface area contributed by atoms with Crippen LogP contribution < -0.4 is 10.9 Å². The molecule has 1 amide bonds. The van der Waals surface area contributed by atoms with E-state index in [4.69, 9.17) is 0 Å². The number of benzene rings is 1. The lowest BCUT2D eigenvalue weighted by Gasteiger charge is -2.36. The molecular formula is C27H33F3N4O2S. The Bertz CT molecular complexity index is 1340. The lowest BCUT2D eigenvalue weighted by Crippen LogP contribution is -2.41. The topological polar surface area (TPSA) is 70.1 Å². The van der Waals surface area contributed by atoms with E-state index in [1.807, 2.05) is 50.4 Å². The molecular weight excluding hydrogens is 501 g/mol. The highest BCUT2D eigenvalue weighted by atomic mass is 32.2. The van der Waals surface area contributed by atoms with Gasteiger partial charge < -0.3 is 14.9 Å². The fraction of sp³-hybridized carbons (Fsp3) is 0.481. The Labute approximate surface area is 218 Å². The molecule has 3 heterocycles. The number of fused-ring (bicyclic) bond motifs is 1. The van der Waals surface area contributed by atoms with E-state index >= 15 is 0 Å². The van der Waals surface area contributed by atoms with Gasteiger partial charge in [0.25, 0.3) is 11.5 Å². The van der Waals surface area contributed by atoms with Gasteiger partial charge in [-0.15, -0.1) is 11.8 Å². The smallest absolute Gasteiger partial charge is 0.348 e. The first kappa shape index (κ1) is 27.3. The number of hydrogen-bond donors (Lipinski definition) is 2. The number of rotatable bonds is 7. The van der Waals surface area contributed by atoms with Crippen molar-refractivity contribution < 1.29 is 18.0 Å². The molecule has 10 heteroatoms. The summed E-state index contributed by atoms with van der Waals surface area (Å²) in [6, 6.07) is 9.62. The molecule has 1 atom stereocenters. The summed E-state index contributed by atoms with van der Waals surface area (Å²) in [7, 11) is 0. The molecule has 0 saturated carbocycles. The molecule has 4 rings (SSSR count). The van der Waals surface area contributed by atoms with Crippen LogP contribution in [0.25, 0.3) is 10.9 Å². The molecule has 37 heavy (non-hydrogen) atoms. The number of pyridine rings is 1. The molecule has 0 radical (unpaired) electrons. The van der Waals surface area contributed by atoms with Gasteiger partial charge in [0, 0.05) is 45.3 Å². The van der Waals surface area contributed by atoms with Gasteiger partial charge in [-0.05, 0) is 71.0 Å². The van der Waals surface area contributed by atoms with Gasteiger partial charge >= 0.3 is 6.18 Å². The highest BCUT2D eigenvalue weighted by Gasteiger charge is 2.34. The quantitative estimate of drug-likeness (QED) is 0.397. The number of halogens is 3. The van der Waals surface area contributed by atoms with Crippen LogP contribution in [0.2, 0.25) is 0 Å². The van der Waals surface area contributed by atoms with Gasteiger partial charge in [0.2, 0.25) is 0 Å². The number of hydrogen-bond acceptors (Lipinski definition) is 4. The molecule has 0 spiro atoms. The lowest BCUT2D eigenvalue weighted by atomic mass is 9.90. The number of carbonyl (C=O) groups excluding carboxylic acids is 1. The van der Waals surface area contributed by atoms with Crippen molar-refractivity contribution in [2.24, 2.45) is 5.92 Å². The molecule has 3 aromatic rings. The van der Waals surface area contributed by atoms with Gasteiger partial charge in [0.1, 0.15) is 0 Å². The van der Waals surface area contributed by atoms with E-state index in [-0.39, 0.29) is 30.0 Å². The number of aryl methyl sites for hydroxylation is 1. The number of nitrogens with one attached hydrogen (secondary N) is 2. The molecule has 2 aromatic heterocycles. The zero-order chi connectivity index (χ0) is 26.9. The Morgan fingerprint density at radius 2 is 1.89 bits per heavy atom. The monoisotopic (exact) mass is 534 g/mol. The second kappa shape index (κ2) is 10.9. The van der Waals surface area contributed by atoms with E-state index < -0.39 is 12.7 Å². The average Bonchev–Trinajstić information content (AvgIpc) is 3.13. The summed E-state index contributed by atoms with van der Waals surface area (Å²) in [6.45, 7) is 5.87. The summed E-state index contributed by atoms with van der Waals surface area (Å²) in [5.41, 5.74) is 3.37. The predicted molar refractivity (Wildman–Crippen MR) is 141 cm³/mol. The second-order valence-corrected chi connectivity index (χ2v) is 10.7. The molecule has 1 fully saturated rings. The van der Waals surface area contributed by atoms with Gasteiger partial charge in [-0.1, -0.05) is 18.2 Å². The highest BCUT2D eigenvalue weighted by Crippen LogP contribution is 2.36. The Hall–Kier alpha value is -2.72. The maximum Gasteiger partial charge on any atom is 0.401 e. The van der Waals surface area contributed by atoms with Crippen molar-refractivity contribution in [2.45, 2.75) is 57.3 Å². The summed E-state index contributed by atoms with van der Waals surface area (Å²) >= 11 is 1.46. The maximum atomic E-state index is 13.5. The van der Waals surface area contributed by atoms with Crippen LogP contribution in [0.15, 0.2) is 40.0 Å². The Morgan fingerprint density at radius 1 is 1.22 bits per heavy atom. The summed E-state index contributed by atoms with van der Waals surface area (Å²) in [5, 5.41) is 3.76. The second-order valence-electron chi connectivity index (χ2n) is 9.83. The number of amides is 1. The first-order valence-electron chi connectivity index (χ1n) is 12.4. The van der Waals surface area contributed by atoms with E-state index in [2.05, 4.69) is 21.8 Å². The zero-order valence-electron chi connectivity index (χ0n) is 21.5. The first-order valence-corrected chi connectivity index (χ1v) is 13.7. The normalized spacial score (nSPS) is 16.3. The Kier molecular flexibility index (Phi) is 8.08. The zero-order valence-corrected chi connectivity index (χ0v) is 22.4. The van der Waals surface area contributed by atoms with Crippen molar-refractivity contribution in [1.29, 1.82) is 0 Å². The van der Waals surface area contributed by atoms with Crippen LogP contribution in [-0.2, 0) is 6.54 Å². The van der Waals surface area contributed by atoms with Gasteiger partial charge in [0.05, 0.1) is 12.1 Å². The van der Waals surface area contributed by atoms with E-state index in [0.29, 0.717) is 37.1 Å². The maximum absolute atomic E-state index is 13.5. The van der Waals surface area contributed by atoms with Crippen molar-refractivity contribution in [3.05, 3.63) is 63.2 Å². The molecule has 1 aliphatic rings. The van der Waals surface area contributed by atoms with Crippen molar-refractivity contribution in [3.63, 3.8) is 0 Å². The van der Waals surface area contributed by atoms with E-state index in [0.717, 1.165) is 27.2 Å². The molecule has 0 bridgehead atoms. The van der Waals surface area contributed by atoms with Crippen molar-refractivity contribution in [3.8, 4) is 0 Å². The number of H-pyrrole nitrogens is 1. The van der Waals surface area contributed by atoms with Crippen LogP contribution >= 0.6 is 11.8 Å². The van der Waals surface area contributed by atoms with Crippen LogP contribution in [0, 0.1) is 19.8 Å². The number of piperidine rings is 1. The molecule has 2 N–H and O–H groups in total. The van der Waals surface area contributed by atoms with Gasteiger partial charge in [0.15, 0.2) is 0 Å². The van der Waals surface area contributed by atoms with Crippen LogP contribution in [0.4, 0.5) is 13.2 Å². The summed E-state index contributed by atoms with van der Waals surface area (Å²) in [4.78, 5) is 31.1. The molecule has 1 saturated heterocycles. The van der Waals surface area contributed by atoms with Crippen molar-refractivity contribution >= 4 is 28.6 Å². The first-order chi connectivity index (χ1) is 17.5. The Morgan fingerprint density at radius 3 is 2.54 bits per heavy atom. The van der Waals surface area contributed by atoms with Gasteiger partial charge in [-0.3, -0.25) is 14.5 Å². The number of aromatic nitrogens is 2. The van der Waals surface area contributed by atoms with E-state index in [1.54, 1.807) is 0 Å². The van der Waals surface area contributed by atoms with Gasteiger partial charge in [-0.25, -0.2) is 0 Å². The SMILES string of the molecule is CSc1cc(C)[nH]c(=O)c1CNC(=O)c1c(C)n(C(C)C2CCN(CC(F)(F)F)CC2)c2ccccc12. The lowest BCUT2D eigenvalue weighted by molar-refractivity contribution is -0.149. The number of alkyl halides is 3. The fourth-order valence-electron chi connectivity index (χ4n) is 5.55. The Balaban J connectivity index is 1.58. The number of nitrogens with zero attached hydrogens (tertiary/aromatic N) is 2. The third-order valence-corrected chi connectivity index (χ3v) is 8.19. The number of thioether (sulfide) groups is 1. The number of likely N-dealkylation sites (tertiary alicyclic amines) is 1. The third-order valence-electron chi connectivity index (χ3n) is 7.38. The minimum absolute atomic E-state index is 0.0162. The molecule has 0 aliphatic carbocycles. The number of carbonyl (C=O) groups is 1. The van der Waals surface area contributed by atoms with Crippen molar-refractivity contribution in [2.75, 3.05) is 25.9 Å².